The molecule has 3 rings (SSSR count). The highest BCUT2D eigenvalue weighted by Crippen LogP contribution is 2.22. The molecule has 23 N–H and O–H groups in total. The number of aliphatic hydroxyl groups is 1. The molecule has 40 heteroatoms. The van der Waals surface area contributed by atoms with Gasteiger partial charge < -0.3 is 115 Å². The van der Waals surface area contributed by atoms with Gasteiger partial charge in [0, 0.05) is 25.8 Å². The summed E-state index contributed by atoms with van der Waals surface area (Å²) in [4.78, 5) is 235. The first-order valence-electron chi connectivity index (χ1n) is 30.6. The second kappa shape index (κ2) is 39.6. The van der Waals surface area contributed by atoms with Crippen molar-refractivity contribution >= 4 is 107 Å². The molecule has 2 aromatic carbocycles. The van der Waals surface area contributed by atoms with Gasteiger partial charge in [-0.1, -0.05) is 38.1 Å². The van der Waals surface area contributed by atoms with Crippen LogP contribution in [0.3, 0.4) is 0 Å². The maximum atomic E-state index is 14.5. The summed E-state index contributed by atoms with van der Waals surface area (Å²) in [5.74, 6) is -26.0. The quantitative estimate of drug-likeness (QED) is 0.0294. The smallest absolute Gasteiger partial charge is 0.326 e. The fourth-order valence-corrected chi connectivity index (χ4v) is 9.81. The highest BCUT2D eigenvalue weighted by atomic mass is 16.4. The van der Waals surface area contributed by atoms with Gasteiger partial charge >= 0.3 is 35.8 Å². The highest BCUT2D eigenvalue weighted by molar-refractivity contribution is 6.01. The van der Waals surface area contributed by atoms with Crippen molar-refractivity contribution in [2.45, 2.75) is 170 Å². The van der Waals surface area contributed by atoms with Crippen LogP contribution in [0.1, 0.15) is 96.1 Å². The number of rotatable bonds is 42. The van der Waals surface area contributed by atoms with Gasteiger partial charge in [0.05, 0.1) is 50.8 Å². The van der Waals surface area contributed by atoms with E-state index in [1.165, 1.54) is 48.5 Å². The maximum absolute atomic E-state index is 14.5. The van der Waals surface area contributed by atoms with Crippen LogP contribution in [0.15, 0.2) is 48.5 Å². The molecule has 100 heavy (non-hydrogen) atoms. The van der Waals surface area contributed by atoms with E-state index in [0.29, 0.717) is 5.56 Å². The molecule has 12 atom stereocenters. The predicted molar refractivity (Wildman–Crippen MR) is 335 cm³/mol. The van der Waals surface area contributed by atoms with Gasteiger partial charge in [0.2, 0.25) is 70.9 Å². The number of carbonyl (C=O) groups excluding carboxylic acids is 12. The Bertz CT molecular complexity index is 3370. The van der Waals surface area contributed by atoms with Crippen LogP contribution in [-0.2, 0) is 99.1 Å². The summed E-state index contributed by atoms with van der Waals surface area (Å²) in [6.45, 7) is 3.15. The van der Waals surface area contributed by atoms with E-state index >= 15 is 0 Å². The van der Waals surface area contributed by atoms with Crippen molar-refractivity contribution < 1.29 is 132 Å². The second-order valence-corrected chi connectivity index (χ2v) is 23.5. The standard InChI is InChI=1S/C60H81N13O27/c1-26(2)17-40(60(99)100)71-58(97)49(27(3)74)72-56(95)35(19-29-8-12-31(76)13-9-29)69-57(96)41-5-4-16-73(41)59(98)39(21-42(62)77)70-53(92)34(18-28-6-10-30(75)11-7-28)64-43(78)25-63-51(90)36(22-46(83)84)67-52(91)33(14-15-44(79)80)65-54(93)38(24-48(87)88)68-55(94)37(23-47(85)86)66-50(89)32(61)20-45(81)82/h6-13,26-27,32-41,49,74-76H,4-5,14-25,61H2,1-3H3,(H2,62,77)(H,63,90)(H,64,78)(H,65,93)(H,66,89)(H,67,91)(H,68,94)(H,69,96)(H,70,92)(H,71,97)(H,72,95)(H,79,80)(H,81,82)(H,83,84)(H,85,86)(H,87,88)(H,99,100)/t27-,32+,33+,34+,35+,36+,37+,38+,39+,40+,41+,49+/m1/s1. The van der Waals surface area contributed by atoms with Gasteiger partial charge in [-0.2, -0.15) is 0 Å². The average Bonchev–Trinajstić information content (AvgIpc) is 1.57. The van der Waals surface area contributed by atoms with Crippen molar-refractivity contribution in [3.8, 4) is 11.5 Å². The molecule has 0 bridgehead atoms. The summed E-state index contributed by atoms with van der Waals surface area (Å²) in [6.07, 6.45) is -10.2. The zero-order valence-electron chi connectivity index (χ0n) is 54.0. The van der Waals surface area contributed by atoms with Gasteiger partial charge in [0.25, 0.3) is 0 Å². The molecule has 1 aliphatic rings. The number of aromatic hydroxyl groups is 2. The number of primary amides is 1. The normalized spacial score (nSPS) is 15.8. The minimum absolute atomic E-state index is 0.0279. The summed E-state index contributed by atoms with van der Waals surface area (Å²) in [5.41, 5.74) is 11.6. The predicted octanol–water partition coefficient (Wildman–Crippen LogP) is -7.17. The van der Waals surface area contributed by atoms with Crippen LogP contribution in [0, 0.1) is 5.92 Å². The number of amides is 12. The topological polar surface area (TPSA) is 665 Å². The van der Waals surface area contributed by atoms with Crippen molar-refractivity contribution in [3.05, 3.63) is 59.7 Å². The number of carboxylic acid groups (broad SMARTS) is 6. The Hall–Kier alpha value is -11.6. The molecule has 0 radical (unpaired) electrons. The number of carbonyl (C=O) groups is 18. The van der Waals surface area contributed by atoms with E-state index < -0.39 is 237 Å². The number of phenols is 2. The molecule has 1 saturated heterocycles. The number of hydrogen-bond acceptors (Lipinski definition) is 22. The van der Waals surface area contributed by atoms with E-state index in [2.05, 4.69) is 26.6 Å². The lowest BCUT2D eigenvalue weighted by Crippen LogP contribution is -2.61. The maximum Gasteiger partial charge on any atom is 0.326 e. The molecule has 1 heterocycles. The number of carboxylic acids is 6. The Balaban J connectivity index is 1.90. The fourth-order valence-electron chi connectivity index (χ4n) is 9.81. The third-order valence-corrected chi connectivity index (χ3v) is 14.7. The van der Waals surface area contributed by atoms with Crippen LogP contribution in [0.4, 0.5) is 0 Å². The number of aliphatic hydroxyl groups excluding tert-OH is 1. The van der Waals surface area contributed by atoms with E-state index in [1.807, 2.05) is 26.6 Å². The molecule has 1 fully saturated rings. The van der Waals surface area contributed by atoms with Crippen LogP contribution in [0.5, 0.6) is 11.5 Å². The molecular weight excluding hydrogens is 1330 g/mol. The summed E-state index contributed by atoms with van der Waals surface area (Å²) in [5, 5.41) is 109. The van der Waals surface area contributed by atoms with Crippen LogP contribution in [-0.4, -0.2) is 243 Å². The Labute approximate surface area is 567 Å². The monoisotopic (exact) mass is 1420 g/mol. The second-order valence-electron chi connectivity index (χ2n) is 23.5. The van der Waals surface area contributed by atoms with Crippen molar-refractivity contribution in [1.82, 2.24) is 58.1 Å². The summed E-state index contributed by atoms with van der Waals surface area (Å²) >= 11 is 0. The van der Waals surface area contributed by atoms with E-state index in [1.54, 1.807) is 13.8 Å². The van der Waals surface area contributed by atoms with Crippen LogP contribution < -0.4 is 64.6 Å². The van der Waals surface area contributed by atoms with Gasteiger partial charge in [-0.3, -0.25) is 81.5 Å². The molecule has 0 saturated carbocycles. The molecule has 0 spiro atoms. The molecule has 0 aromatic heterocycles. The lowest BCUT2D eigenvalue weighted by molar-refractivity contribution is -0.144. The number of hydrogen-bond donors (Lipinski definition) is 21. The van der Waals surface area contributed by atoms with Gasteiger partial charge in [-0.15, -0.1) is 0 Å². The van der Waals surface area contributed by atoms with Crippen LogP contribution in [0.2, 0.25) is 0 Å². The summed E-state index contributed by atoms with van der Waals surface area (Å²) in [7, 11) is 0. The average molecular weight is 1420 g/mol. The van der Waals surface area contributed by atoms with Crippen LogP contribution >= 0.6 is 0 Å². The molecule has 2 aromatic rings. The van der Waals surface area contributed by atoms with Crippen molar-refractivity contribution in [2.24, 2.45) is 17.4 Å². The number of phenolic OH excluding ortho intramolecular Hbond substituents is 2. The first-order valence-corrected chi connectivity index (χ1v) is 30.6. The zero-order chi connectivity index (χ0) is 75.4. The number of nitrogens with one attached hydrogen (secondary N) is 10. The van der Waals surface area contributed by atoms with Gasteiger partial charge in [0.15, 0.2) is 0 Å². The van der Waals surface area contributed by atoms with Crippen molar-refractivity contribution in [1.29, 1.82) is 0 Å². The zero-order valence-corrected chi connectivity index (χ0v) is 54.0. The molecule has 0 unspecified atom stereocenters. The largest absolute Gasteiger partial charge is 0.508 e. The molecule has 0 aliphatic carbocycles. The summed E-state index contributed by atoms with van der Waals surface area (Å²) in [6, 6.07) is -10.3. The fraction of sp³-hybridized carbons (Fsp3) is 0.500. The number of aliphatic carboxylic acids is 6. The molecule has 1 aliphatic heterocycles. The third-order valence-electron chi connectivity index (χ3n) is 14.7. The van der Waals surface area contributed by atoms with Gasteiger partial charge in [-0.25, -0.2) is 4.79 Å². The van der Waals surface area contributed by atoms with Crippen LogP contribution in [0.25, 0.3) is 0 Å². The minimum Gasteiger partial charge on any atom is -0.508 e. The number of benzene rings is 2. The van der Waals surface area contributed by atoms with E-state index in [-0.39, 0.29) is 55.2 Å². The minimum atomic E-state index is -2.28. The van der Waals surface area contributed by atoms with Crippen molar-refractivity contribution in [2.75, 3.05) is 13.1 Å². The Kier molecular flexibility index (Phi) is 32.7. The molecular formula is C60H81N13O27. The SMILES string of the molecule is CC(C)C[C@H](NC(=O)[C@@H](NC(=O)[C@H](Cc1ccc(O)cc1)NC(=O)[C@@H]1CCCN1C(=O)[C@H](CC(N)=O)NC(=O)[C@H](Cc1ccc(O)cc1)NC(=O)CNC(=O)[C@H](CC(=O)O)NC(=O)[C@H](CCC(=O)O)NC(=O)[C@H](CC(=O)O)NC(=O)[C@H](CC(=O)O)NC(=O)[C@@H](N)CC(=O)O)[C@@H](C)O)C(=O)O. The molecule has 40 nitrogen and oxygen atoms in total. The highest BCUT2D eigenvalue weighted by Gasteiger charge is 2.42. The third kappa shape index (κ3) is 28.6. The summed E-state index contributed by atoms with van der Waals surface area (Å²) < 4.78 is 0. The lowest BCUT2D eigenvalue weighted by atomic mass is 10.0. The van der Waals surface area contributed by atoms with E-state index in [0.717, 1.165) is 11.8 Å². The Morgan fingerprint density at radius 1 is 0.480 bits per heavy atom. The first kappa shape index (κ1) is 82.7. The number of nitrogens with zero attached hydrogens (tertiary/aromatic N) is 1. The molecule has 12 amide bonds. The van der Waals surface area contributed by atoms with E-state index in [4.69, 9.17) is 16.6 Å². The first-order chi connectivity index (χ1) is 46.7. The van der Waals surface area contributed by atoms with Gasteiger partial charge in [0.1, 0.15) is 71.9 Å². The Morgan fingerprint density at radius 3 is 1.35 bits per heavy atom. The Morgan fingerprint density at radius 2 is 0.900 bits per heavy atom. The lowest BCUT2D eigenvalue weighted by Gasteiger charge is -2.31. The number of likely N-dealkylation sites (tertiary alicyclic amines) is 1. The molecule has 548 valence electrons. The van der Waals surface area contributed by atoms with E-state index in [9.17, 15) is 127 Å². The number of nitrogens with two attached hydrogens (primary N) is 2. The van der Waals surface area contributed by atoms with Gasteiger partial charge in [-0.05, 0) is 73.9 Å². The van der Waals surface area contributed by atoms with Crippen molar-refractivity contribution in [3.63, 3.8) is 0 Å².